The molecule has 0 aliphatic carbocycles. The monoisotopic (exact) mass is 459 g/mol. The largest absolute Gasteiger partial charge is 0.344 e. The Morgan fingerprint density at radius 1 is 1.22 bits per heavy atom. The van der Waals surface area contributed by atoms with Crippen LogP contribution < -0.4 is 4.90 Å². The molecule has 0 saturated carbocycles. The van der Waals surface area contributed by atoms with Crippen molar-refractivity contribution in [3.8, 4) is 6.07 Å². The molecule has 0 N–H and O–H groups in total. The Hall–Kier alpha value is -1.94. The molecule has 136 valence electrons. The fraction of sp³-hybridized carbons (Fsp3) is 0.200. The predicted octanol–water partition coefficient (Wildman–Crippen LogP) is 5.32. The highest BCUT2D eigenvalue weighted by molar-refractivity contribution is 9.10. The van der Waals surface area contributed by atoms with Crippen LogP contribution in [0, 0.1) is 11.3 Å². The van der Waals surface area contributed by atoms with E-state index in [4.69, 9.17) is 11.6 Å². The third-order valence-electron chi connectivity index (χ3n) is 4.72. The molecule has 27 heavy (non-hydrogen) atoms. The van der Waals surface area contributed by atoms with Gasteiger partial charge in [-0.15, -0.1) is 0 Å². The Morgan fingerprint density at radius 2 is 2.04 bits per heavy atom. The SMILES string of the molecule is N#CC1=C2SCN(c3cccc(Cl)c3)CN2C(=O)C[C@@H]1c1cccc(Br)c1. The summed E-state index contributed by atoms with van der Waals surface area (Å²) in [4.78, 5) is 16.7. The van der Waals surface area contributed by atoms with Crippen LogP contribution in [-0.2, 0) is 4.79 Å². The minimum Gasteiger partial charge on any atom is -0.344 e. The van der Waals surface area contributed by atoms with Crippen molar-refractivity contribution in [2.45, 2.75) is 12.3 Å². The van der Waals surface area contributed by atoms with Crippen molar-refractivity contribution in [3.05, 3.63) is 74.2 Å². The first-order valence-corrected chi connectivity index (χ1v) is 10.6. The van der Waals surface area contributed by atoms with Crippen LogP contribution in [0.3, 0.4) is 0 Å². The number of hydrogen-bond donors (Lipinski definition) is 0. The molecular formula is C20H15BrClN3OS. The van der Waals surface area contributed by atoms with E-state index in [0.717, 1.165) is 20.8 Å². The molecule has 4 rings (SSSR count). The number of benzene rings is 2. The van der Waals surface area contributed by atoms with Crippen molar-refractivity contribution < 1.29 is 4.79 Å². The third kappa shape index (κ3) is 3.60. The standard InChI is InChI=1S/C20H15BrClN3OS/c21-14-4-1-3-13(7-14)17-9-19(26)25-11-24(12-27-20(25)18(17)10-23)16-6-2-5-15(22)8-16/h1-8,17H,9,11-12H2/t17-/m1/s1. The van der Waals surface area contributed by atoms with Gasteiger partial charge in [-0.25, -0.2) is 0 Å². The van der Waals surface area contributed by atoms with Crippen molar-refractivity contribution in [1.82, 2.24) is 4.90 Å². The molecule has 7 heteroatoms. The van der Waals surface area contributed by atoms with E-state index in [1.54, 1.807) is 4.90 Å². The number of carbonyl (C=O) groups excluding carboxylic acids is 1. The van der Waals surface area contributed by atoms with Crippen LogP contribution in [0.4, 0.5) is 5.69 Å². The zero-order chi connectivity index (χ0) is 19.0. The highest BCUT2D eigenvalue weighted by Gasteiger charge is 2.38. The van der Waals surface area contributed by atoms with Crippen molar-refractivity contribution in [2.75, 3.05) is 17.4 Å². The number of amides is 1. The van der Waals surface area contributed by atoms with Crippen LogP contribution in [0.15, 0.2) is 63.6 Å². The predicted molar refractivity (Wildman–Crippen MR) is 112 cm³/mol. The maximum atomic E-state index is 12.9. The van der Waals surface area contributed by atoms with Gasteiger partial charge in [0, 0.05) is 27.5 Å². The van der Waals surface area contributed by atoms with E-state index < -0.39 is 0 Å². The summed E-state index contributed by atoms with van der Waals surface area (Å²) in [5.41, 5.74) is 2.62. The van der Waals surface area contributed by atoms with Crippen LogP contribution >= 0.6 is 39.3 Å². The van der Waals surface area contributed by atoms with Gasteiger partial charge in [0.1, 0.15) is 0 Å². The van der Waals surface area contributed by atoms with Crippen LogP contribution in [0.25, 0.3) is 0 Å². The van der Waals surface area contributed by atoms with Gasteiger partial charge in [-0.2, -0.15) is 5.26 Å². The number of rotatable bonds is 2. The molecule has 1 fully saturated rings. The van der Waals surface area contributed by atoms with Gasteiger partial charge in [0.25, 0.3) is 0 Å². The Kier molecular flexibility index (Phi) is 5.18. The lowest BCUT2D eigenvalue weighted by Gasteiger charge is -2.42. The topological polar surface area (TPSA) is 47.3 Å². The van der Waals surface area contributed by atoms with Crippen LogP contribution in [0.5, 0.6) is 0 Å². The molecule has 1 saturated heterocycles. The van der Waals surface area contributed by atoms with Gasteiger partial charge in [0.2, 0.25) is 5.91 Å². The Bertz CT molecular complexity index is 987. The first kappa shape index (κ1) is 18.4. The number of nitrogens with zero attached hydrogens (tertiary/aromatic N) is 3. The van der Waals surface area contributed by atoms with Crippen LogP contribution in [0.1, 0.15) is 17.9 Å². The minimum atomic E-state index is -0.198. The number of hydrogen-bond acceptors (Lipinski definition) is 4. The summed E-state index contributed by atoms with van der Waals surface area (Å²) in [7, 11) is 0. The molecule has 2 aromatic rings. The molecule has 0 radical (unpaired) electrons. The smallest absolute Gasteiger partial charge is 0.229 e. The second-order valence-corrected chi connectivity index (χ2v) is 8.68. The number of allylic oxidation sites excluding steroid dienone is 1. The highest BCUT2D eigenvalue weighted by Crippen LogP contribution is 2.43. The van der Waals surface area contributed by atoms with Gasteiger partial charge >= 0.3 is 0 Å². The van der Waals surface area contributed by atoms with E-state index in [2.05, 4.69) is 26.9 Å². The molecule has 2 aliphatic heterocycles. The lowest BCUT2D eigenvalue weighted by atomic mass is 9.86. The molecule has 2 aromatic carbocycles. The van der Waals surface area contributed by atoms with Crippen LogP contribution in [-0.4, -0.2) is 23.4 Å². The summed E-state index contributed by atoms with van der Waals surface area (Å²) in [5.74, 6) is 0.500. The summed E-state index contributed by atoms with van der Waals surface area (Å²) in [6.07, 6.45) is 0.298. The van der Waals surface area contributed by atoms with Gasteiger partial charge in [-0.05, 0) is 35.9 Å². The average molecular weight is 461 g/mol. The van der Waals surface area contributed by atoms with Crippen molar-refractivity contribution in [3.63, 3.8) is 0 Å². The number of halogens is 2. The molecule has 2 heterocycles. The van der Waals surface area contributed by atoms with Gasteiger partial charge in [-0.1, -0.05) is 57.5 Å². The number of thioether (sulfide) groups is 1. The lowest BCUT2D eigenvalue weighted by Crippen LogP contribution is -2.47. The average Bonchev–Trinajstić information content (AvgIpc) is 2.67. The number of anilines is 1. The van der Waals surface area contributed by atoms with E-state index in [0.29, 0.717) is 29.6 Å². The summed E-state index contributed by atoms with van der Waals surface area (Å²) in [6, 6.07) is 17.8. The number of fused-ring (bicyclic) bond motifs is 1. The Morgan fingerprint density at radius 3 is 2.78 bits per heavy atom. The second-order valence-electron chi connectivity index (χ2n) is 6.40. The lowest BCUT2D eigenvalue weighted by molar-refractivity contribution is -0.129. The first-order valence-electron chi connectivity index (χ1n) is 8.40. The molecule has 4 nitrogen and oxygen atoms in total. The number of nitriles is 1. The van der Waals surface area contributed by atoms with Gasteiger partial charge in [0.05, 0.1) is 29.2 Å². The van der Waals surface area contributed by atoms with E-state index in [1.165, 1.54) is 11.8 Å². The van der Waals surface area contributed by atoms with Crippen molar-refractivity contribution in [1.29, 1.82) is 5.26 Å². The molecule has 2 aliphatic rings. The quantitative estimate of drug-likeness (QED) is 0.608. The fourth-order valence-electron chi connectivity index (χ4n) is 3.41. The van der Waals surface area contributed by atoms with E-state index in [-0.39, 0.29) is 11.8 Å². The molecule has 0 aromatic heterocycles. The summed E-state index contributed by atoms with van der Waals surface area (Å²) < 4.78 is 0.945. The minimum absolute atomic E-state index is 0.0354. The molecular weight excluding hydrogens is 446 g/mol. The second kappa shape index (κ2) is 7.59. The summed E-state index contributed by atoms with van der Waals surface area (Å²) in [5, 5.41) is 11.3. The zero-order valence-corrected chi connectivity index (χ0v) is 17.4. The number of carbonyl (C=O) groups is 1. The molecule has 0 spiro atoms. The van der Waals surface area contributed by atoms with E-state index >= 15 is 0 Å². The Labute approximate surface area is 175 Å². The maximum absolute atomic E-state index is 12.9. The van der Waals surface area contributed by atoms with E-state index in [1.807, 2.05) is 48.5 Å². The van der Waals surface area contributed by atoms with Crippen molar-refractivity contribution in [2.24, 2.45) is 0 Å². The molecule has 0 unspecified atom stereocenters. The van der Waals surface area contributed by atoms with Crippen LogP contribution in [0.2, 0.25) is 5.02 Å². The van der Waals surface area contributed by atoms with E-state index in [9.17, 15) is 10.1 Å². The molecule has 0 bridgehead atoms. The summed E-state index contributed by atoms with van der Waals surface area (Å²) >= 11 is 11.1. The van der Waals surface area contributed by atoms with Crippen molar-refractivity contribution >= 4 is 50.9 Å². The normalized spacial score (nSPS) is 19.7. The van der Waals surface area contributed by atoms with Gasteiger partial charge < -0.3 is 4.90 Å². The highest BCUT2D eigenvalue weighted by atomic mass is 79.9. The molecule has 1 atom stereocenters. The Balaban J connectivity index is 1.68. The van der Waals surface area contributed by atoms with Gasteiger partial charge in [0.15, 0.2) is 0 Å². The first-order chi connectivity index (χ1) is 13.1. The zero-order valence-electron chi connectivity index (χ0n) is 14.2. The fourth-order valence-corrected chi connectivity index (χ4v) is 5.18. The summed E-state index contributed by atoms with van der Waals surface area (Å²) in [6.45, 7) is 0.428. The molecule has 1 amide bonds. The van der Waals surface area contributed by atoms with Gasteiger partial charge in [-0.3, -0.25) is 9.69 Å². The maximum Gasteiger partial charge on any atom is 0.229 e. The third-order valence-corrected chi connectivity index (χ3v) is 6.60.